The van der Waals surface area contributed by atoms with Crippen molar-refractivity contribution in [2.75, 3.05) is 18.5 Å². The summed E-state index contributed by atoms with van der Waals surface area (Å²) in [6.07, 6.45) is 0.961. The zero-order chi connectivity index (χ0) is 13.8. The maximum Gasteiger partial charge on any atom is 0.130 e. The van der Waals surface area contributed by atoms with Crippen molar-refractivity contribution in [2.45, 2.75) is 19.4 Å². The number of anilines is 1. The minimum Gasteiger partial charge on any atom is -0.374 e. The highest BCUT2D eigenvalue weighted by atomic mass is 32.1. The van der Waals surface area contributed by atoms with Gasteiger partial charge in [-0.2, -0.15) is 0 Å². The van der Waals surface area contributed by atoms with Gasteiger partial charge in [0.2, 0.25) is 0 Å². The number of thiophene rings is 1. The molecule has 1 atom stereocenters. The molecule has 0 aliphatic rings. The van der Waals surface area contributed by atoms with Gasteiger partial charge in [0.15, 0.2) is 0 Å². The molecular formula is C15H19FN2S. The van der Waals surface area contributed by atoms with Crippen LogP contribution in [0, 0.1) is 5.82 Å². The van der Waals surface area contributed by atoms with Crippen molar-refractivity contribution in [3.8, 4) is 0 Å². The molecular weight excluding hydrogens is 259 g/mol. The Hall–Kier alpha value is -1.39. The molecule has 2 nitrogen and oxygen atoms in total. The number of rotatable bonds is 5. The van der Waals surface area contributed by atoms with Gasteiger partial charge < -0.3 is 10.6 Å². The zero-order valence-corrected chi connectivity index (χ0v) is 12.1. The number of hydrogen-bond donors (Lipinski definition) is 1. The fourth-order valence-corrected chi connectivity index (χ4v) is 2.86. The summed E-state index contributed by atoms with van der Waals surface area (Å²) in [4.78, 5) is 3.41. The number of hydrogen-bond acceptors (Lipinski definition) is 3. The standard InChI is InChI=1S/C15H19FN2S/c1-11(17)15-13(16)6-3-7-14(15)18(2)9-8-12-5-4-10-19-12/h3-7,10-11H,8-9,17H2,1-2H3/t11-/m1/s1. The highest BCUT2D eigenvalue weighted by molar-refractivity contribution is 7.09. The number of benzene rings is 1. The van der Waals surface area contributed by atoms with Crippen LogP contribution in [0.2, 0.25) is 0 Å². The Balaban J connectivity index is 2.14. The molecule has 0 fully saturated rings. The summed E-state index contributed by atoms with van der Waals surface area (Å²) >= 11 is 1.75. The fourth-order valence-electron chi connectivity index (χ4n) is 2.16. The van der Waals surface area contributed by atoms with Crippen LogP contribution < -0.4 is 10.6 Å². The topological polar surface area (TPSA) is 29.3 Å². The van der Waals surface area contributed by atoms with Gasteiger partial charge in [-0.3, -0.25) is 0 Å². The van der Waals surface area contributed by atoms with E-state index in [2.05, 4.69) is 22.4 Å². The maximum atomic E-state index is 13.9. The molecule has 102 valence electrons. The number of nitrogens with two attached hydrogens (primary N) is 1. The molecule has 0 bridgehead atoms. The molecule has 0 unspecified atom stereocenters. The SMILES string of the molecule is C[C@@H](N)c1c(F)cccc1N(C)CCc1cccs1. The minimum atomic E-state index is -0.305. The second-order valence-corrected chi connectivity index (χ2v) is 5.74. The lowest BCUT2D eigenvalue weighted by Crippen LogP contribution is -2.23. The van der Waals surface area contributed by atoms with Gasteiger partial charge >= 0.3 is 0 Å². The Labute approximate surface area is 117 Å². The van der Waals surface area contributed by atoms with Crippen molar-refractivity contribution in [2.24, 2.45) is 5.73 Å². The molecule has 2 aromatic rings. The van der Waals surface area contributed by atoms with Gasteiger partial charge in [-0.05, 0) is 36.9 Å². The lowest BCUT2D eigenvalue weighted by molar-refractivity contribution is 0.592. The quantitative estimate of drug-likeness (QED) is 0.905. The van der Waals surface area contributed by atoms with Crippen LogP contribution >= 0.6 is 11.3 Å². The van der Waals surface area contributed by atoms with Crippen molar-refractivity contribution in [1.82, 2.24) is 0 Å². The normalized spacial score (nSPS) is 12.4. The summed E-state index contributed by atoms with van der Waals surface area (Å²) < 4.78 is 13.9. The number of likely N-dealkylation sites (N-methyl/N-ethyl adjacent to an activating group) is 1. The van der Waals surface area contributed by atoms with Crippen LogP contribution in [0.5, 0.6) is 0 Å². The van der Waals surface area contributed by atoms with Crippen LogP contribution in [0.25, 0.3) is 0 Å². The highest BCUT2D eigenvalue weighted by Gasteiger charge is 2.15. The first-order valence-electron chi connectivity index (χ1n) is 6.37. The van der Waals surface area contributed by atoms with E-state index in [1.165, 1.54) is 10.9 Å². The first-order valence-corrected chi connectivity index (χ1v) is 7.25. The molecule has 1 aromatic heterocycles. The average molecular weight is 278 g/mol. The summed E-state index contributed by atoms with van der Waals surface area (Å²) in [6, 6.07) is 9.00. The predicted octanol–water partition coefficient (Wildman–Crippen LogP) is 3.59. The van der Waals surface area contributed by atoms with E-state index in [1.54, 1.807) is 17.4 Å². The molecule has 0 spiro atoms. The maximum absolute atomic E-state index is 13.9. The zero-order valence-electron chi connectivity index (χ0n) is 11.3. The molecule has 4 heteroatoms. The van der Waals surface area contributed by atoms with E-state index in [4.69, 9.17) is 5.73 Å². The third-order valence-electron chi connectivity index (χ3n) is 3.17. The molecule has 0 amide bonds. The van der Waals surface area contributed by atoms with Gasteiger partial charge in [0.1, 0.15) is 5.82 Å². The van der Waals surface area contributed by atoms with Gasteiger partial charge in [0.25, 0.3) is 0 Å². The summed E-state index contributed by atoms with van der Waals surface area (Å²) in [6.45, 7) is 2.67. The van der Waals surface area contributed by atoms with Crippen LogP contribution in [0.3, 0.4) is 0 Å². The predicted molar refractivity (Wildman–Crippen MR) is 80.3 cm³/mol. The molecule has 0 aliphatic heterocycles. The summed E-state index contributed by atoms with van der Waals surface area (Å²) in [5.74, 6) is -0.226. The molecule has 0 saturated heterocycles. The van der Waals surface area contributed by atoms with Gasteiger partial charge in [-0.1, -0.05) is 12.1 Å². The first kappa shape index (κ1) is 14.0. The van der Waals surface area contributed by atoms with E-state index in [9.17, 15) is 4.39 Å². The Morgan fingerprint density at radius 3 is 2.74 bits per heavy atom. The first-order chi connectivity index (χ1) is 9.09. The van der Waals surface area contributed by atoms with E-state index in [0.717, 1.165) is 18.7 Å². The van der Waals surface area contributed by atoms with Gasteiger partial charge in [0.05, 0.1) is 0 Å². The number of halogens is 1. The van der Waals surface area contributed by atoms with Gasteiger partial charge in [-0.25, -0.2) is 4.39 Å². The van der Waals surface area contributed by atoms with Crippen molar-refractivity contribution in [3.05, 3.63) is 52.0 Å². The second-order valence-electron chi connectivity index (χ2n) is 4.71. The van der Waals surface area contributed by atoms with E-state index < -0.39 is 0 Å². The molecule has 0 aliphatic carbocycles. The van der Waals surface area contributed by atoms with E-state index in [0.29, 0.717) is 5.56 Å². The Kier molecular flexibility index (Phi) is 4.56. The third-order valence-corrected chi connectivity index (χ3v) is 4.11. The van der Waals surface area contributed by atoms with E-state index in [1.807, 2.05) is 20.0 Å². The summed E-state index contributed by atoms with van der Waals surface area (Å²) in [7, 11) is 1.98. The lowest BCUT2D eigenvalue weighted by atomic mass is 10.1. The molecule has 1 heterocycles. The Morgan fingerprint density at radius 1 is 1.32 bits per heavy atom. The monoisotopic (exact) mass is 278 g/mol. The van der Waals surface area contributed by atoms with Crippen molar-refractivity contribution >= 4 is 17.0 Å². The second kappa shape index (κ2) is 6.17. The molecule has 1 aromatic carbocycles. The Morgan fingerprint density at radius 2 is 2.11 bits per heavy atom. The van der Waals surface area contributed by atoms with Gasteiger partial charge in [-0.15, -0.1) is 11.3 Å². The van der Waals surface area contributed by atoms with Crippen molar-refractivity contribution in [1.29, 1.82) is 0 Å². The van der Waals surface area contributed by atoms with E-state index in [-0.39, 0.29) is 11.9 Å². The minimum absolute atomic E-state index is 0.226. The van der Waals surface area contributed by atoms with Gasteiger partial charge in [0, 0.05) is 35.8 Å². The smallest absolute Gasteiger partial charge is 0.130 e. The molecule has 2 N–H and O–H groups in total. The van der Waals surface area contributed by atoms with Crippen LogP contribution in [-0.4, -0.2) is 13.6 Å². The van der Waals surface area contributed by atoms with Crippen LogP contribution in [0.4, 0.5) is 10.1 Å². The molecule has 2 rings (SSSR count). The third kappa shape index (κ3) is 3.33. The summed E-state index contributed by atoms with van der Waals surface area (Å²) in [5.41, 5.74) is 7.35. The van der Waals surface area contributed by atoms with Crippen LogP contribution in [-0.2, 0) is 6.42 Å². The number of nitrogens with zero attached hydrogens (tertiary/aromatic N) is 1. The van der Waals surface area contributed by atoms with E-state index >= 15 is 0 Å². The van der Waals surface area contributed by atoms with Crippen molar-refractivity contribution < 1.29 is 4.39 Å². The molecule has 19 heavy (non-hydrogen) atoms. The van der Waals surface area contributed by atoms with Crippen molar-refractivity contribution in [3.63, 3.8) is 0 Å². The molecule has 0 radical (unpaired) electrons. The lowest BCUT2D eigenvalue weighted by Gasteiger charge is -2.24. The summed E-state index contributed by atoms with van der Waals surface area (Å²) in [5, 5.41) is 2.07. The molecule has 0 saturated carbocycles. The largest absolute Gasteiger partial charge is 0.374 e. The Bertz CT molecular complexity index is 523. The fraction of sp³-hybridized carbons (Fsp3) is 0.333. The van der Waals surface area contributed by atoms with Crippen LogP contribution in [0.15, 0.2) is 35.7 Å². The van der Waals surface area contributed by atoms with Crippen LogP contribution in [0.1, 0.15) is 23.4 Å². The average Bonchev–Trinajstić information content (AvgIpc) is 2.88. The highest BCUT2D eigenvalue weighted by Crippen LogP contribution is 2.27.